The van der Waals surface area contributed by atoms with Crippen LogP contribution in [0.5, 0.6) is 5.75 Å². The zero-order valence-electron chi connectivity index (χ0n) is 14.3. The van der Waals surface area contributed by atoms with Gasteiger partial charge in [-0.15, -0.1) is 0 Å². The molecule has 2 rings (SSSR count). The van der Waals surface area contributed by atoms with Crippen molar-refractivity contribution >= 4 is 5.91 Å². The molecule has 1 amide bonds. The second kappa shape index (κ2) is 6.29. The van der Waals surface area contributed by atoms with E-state index in [0.29, 0.717) is 0 Å². The van der Waals surface area contributed by atoms with Crippen molar-refractivity contribution in [1.82, 2.24) is 5.32 Å². The zero-order chi connectivity index (χ0) is 16.5. The van der Waals surface area contributed by atoms with Gasteiger partial charge in [-0.25, -0.2) is 0 Å². The van der Waals surface area contributed by atoms with Crippen molar-refractivity contribution in [3.05, 3.63) is 28.8 Å². The van der Waals surface area contributed by atoms with Gasteiger partial charge in [-0.1, -0.05) is 19.9 Å². The monoisotopic (exact) mass is 304 g/mol. The van der Waals surface area contributed by atoms with Crippen molar-refractivity contribution in [2.45, 2.75) is 71.6 Å². The quantitative estimate of drug-likeness (QED) is 0.896. The summed E-state index contributed by atoms with van der Waals surface area (Å²) in [6.45, 7) is 9.89. The lowest BCUT2D eigenvalue weighted by atomic mass is 9.85. The van der Waals surface area contributed by atoms with Crippen LogP contribution in [0.15, 0.2) is 12.1 Å². The van der Waals surface area contributed by atoms with Gasteiger partial charge in [0.05, 0.1) is 6.04 Å². The van der Waals surface area contributed by atoms with E-state index < -0.39 is 0 Å². The lowest BCUT2D eigenvalue weighted by Gasteiger charge is -2.39. The fourth-order valence-corrected chi connectivity index (χ4v) is 3.13. The molecule has 0 saturated carbocycles. The minimum Gasteiger partial charge on any atom is -0.487 e. The van der Waals surface area contributed by atoms with Crippen LogP contribution in [-0.2, 0) is 11.2 Å². The van der Waals surface area contributed by atoms with E-state index in [0.717, 1.165) is 36.1 Å². The molecule has 0 aliphatic carbocycles. The highest BCUT2D eigenvalue weighted by Gasteiger charge is 2.35. The maximum absolute atomic E-state index is 11.6. The first-order chi connectivity index (χ1) is 10.3. The first-order valence-electron chi connectivity index (χ1n) is 8.15. The van der Waals surface area contributed by atoms with Crippen molar-refractivity contribution in [2.75, 3.05) is 0 Å². The number of carbonyl (C=O) groups is 1. The van der Waals surface area contributed by atoms with Gasteiger partial charge in [0.2, 0.25) is 5.91 Å². The predicted molar refractivity (Wildman–Crippen MR) is 88.9 cm³/mol. The van der Waals surface area contributed by atoms with Crippen LogP contribution in [0.3, 0.4) is 0 Å². The summed E-state index contributed by atoms with van der Waals surface area (Å²) in [5.41, 5.74) is 9.28. The molecule has 3 N–H and O–H groups in total. The lowest BCUT2D eigenvalue weighted by Crippen LogP contribution is -2.41. The van der Waals surface area contributed by atoms with Crippen LogP contribution in [0.25, 0.3) is 0 Å². The lowest BCUT2D eigenvalue weighted by molar-refractivity contribution is -0.120. The molecule has 1 aliphatic heterocycles. The molecule has 4 nitrogen and oxygen atoms in total. The second-order valence-corrected chi connectivity index (χ2v) is 6.79. The fourth-order valence-electron chi connectivity index (χ4n) is 3.13. The van der Waals surface area contributed by atoms with E-state index in [1.54, 1.807) is 6.92 Å². The number of aryl methyl sites for hydroxylation is 1. The number of amides is 1. The number of benzene rings is 1. The number of nitrogens with one attached hydrogen (secondary N) is 1. The standard InChI is InChI=1S/C18H28N2O2/c1-6-12-8-13(15(19)7-2)9-14-16(20-11(3)21)10-18(4,5)22-17(12)14/h8-9,15-16H,6-7,10,19H2,1-5H3,(H,20,21). The number of nitrogens with two attached hydrogens (primary N) is 1. The molecular weight excluding hydrogens is 276 g/mol. The van der Waals surface area contributed by atoms with Crippen LogP contribution in [0.4, 0.5) is 0 Å². The van der Waals surface area contributed by atoms with E-state index in [-0.39, 0.29) is 23.6 Å². The number of carbonyl (C=O) groups excluding carboxylic acids is 1. The summed E-state index contributed by atoms with van der Waals surface area (Å²) in [5.74, 6) is 0.904. The highest BCUT2D eigenvalue weighted by atomic mass is 16.5. The molecule has 1 heterocycles. The Balaban J connectivity index is 2.56. The van der Waals surface area contributed by atoms with E-state index in [1.165, 1.54) is 5.56 Å². The Morgan fingerprint density at radius 1 is 1.45 bits per heavy atom. The van der Waals surface area contributed by atoms with E-state index in [9.17, 15) is 4.79 Å². The molecule has 0 spiro atoms. The molecule has 0 saturated heterocycles. The zero-order valence-corrected chi connectivity index (χ0v) is 14.3. The van der Waals surface area contributed by atoms with Gasteiger partial charge in [0.25, 0.3) is 0 Å². The molecular formula is C18H28N2O2. The van der Waals surface area contributed by atoms with E-state index in [4.69, 9.17) is 10.5 Å². The average molecular weight is 304 g/mol. The van der Waals surface area contributed by atoms with Gasteiger partial charge in [0, 0.05) is 24.9 Å². The minimum absolute atomic E-state index is 0.0168. The van der Waals surface area contributed by atoms with Crippen LogP contribution < -0.4 is 15.8 Å². The number of fused-ring (bicyclic) bond motifs is 1. The van der Waals surface area contributed by atoms with Crippen LogP contribution in [-0.4, -0.2) is 11.5 Å². The van der Waals surface area contributed by atoms with Gasteiger partial charge in [0.15, 0.2) is 0 Å². The Hall–Kier alpha value is -1.55. The van der Waals surface area contributed by atoms with Gasteiger partial charge < -0.3 is 15.8 Å². The molecule has 1 aliphatic rings. The molecule has 4 heteroatoms. The van der Waals surface area contributed by atoms with Crippen molar-refractivity contribution in [1.29, 1.82) is 0 Å². The van der Waals surface area contributed by atoms with Crippen LogP contribution in [0, 0.1) is 0 Å². The van der Waals surface area contributed by atoms with Crippen molar-refractivity contribution in [3.63, 3.8) is 0 Å². The van der Waals surface area contributed by atoms with E-state index in [1.807, 2.05) is 0 Å². The molecule has 0 aromatic heterocycles. The number of rotatable bonds is 4. The minimum atomic E-state index is -0.293. The van der Waals surface area contributed by atoms with E-state index in [2.05, 4.69) is 45.1 Å². The third-order valence-electron chi connectivity index (χ3n) is 4.29. The highest BCUT2D eigenvalue weighted by molar-refractivity contribution is 5.73. The van der Waals surface area contributed by atoms with Gasteiger partial charge in [-0.3, -0.25) is 4.79 Å². The summed E-state index contributed by atoms with van der Waals surface area (Å²) in [7, 11) is 0. The predicted octanol–water partition coefficient (Wildman–Crippen LogP) is 3.40. The van der Waals surface area contributed by atoms with Gasteiger partial charge in [-0.05, 0) is 43.9 Å². The normalized spacial score (nSPS) is 20.7. The number of ether oxygens (including phenoxy) is 1. The molecule has 0 bridgehead atoms. The summed E-state index contributed by atoms with van der Waals surface area (Å²) >= 11 is 0. The second-order valence-electron chi connectivity index (χ2n) is 6.79. The van der Waals surface area contributed by atoms with Crippen molar-refractivity contribution < 1.29 is 9.53 Å². The Labute approximate surface area is 133 Å². The van der Waals surface area contributed by atoms with Crippen molar-refractivity contribution in [2.24, 2.45) is 5.73 Å². The topological polar surface area (TPSA) is 64.3 Å². The number of hydrogen-bond acceptors (Lipinski definition) is 3. The third-order valence-corrected chi connectivity index (χ3v) is 4.29. The smallest absolute Gasteiger partial charge is 0.217 e. The summed E-state index contributed by atoms with van der Waals surface area (Å²) in [4.78, 5) is 11.6. The molecule has 1 aromatic carbocycles. The van der Waals surface area contributed by atoms with Crippen LogP contribution >= 0.6 is 0 Å². The molecule has 122 valence electrons. The highest BCUT2D eigenvalue weighted by Crippen LogP contribution is 2.43. The van der Waals surface area contributed by atoms with Crippen LogP contribution in [0.1, 0.15) is 76.2 Å². The molecule has 0 radical (unpaired) electrons. The summed E-state index contributed by atoms with van der Waals surface area (Å²) in [6, 6.07) is 4.26. The van der Waals surface area contributed by atoms with Gasteiger partial charge in [-0.2, -0.15) is 0 Å². The first-order valence-corrected chi connectivity index (χ1v) is 8.15. The summed E-state index contributed by atoms with van der Waals surface area (Å²) in [5, 5.41) is 3.07. The van der Waals surface area contributed by atoms with Gasteiger partial charge in [0.1, 0.15) is 11.4 Å². The SMILES string of the molecule is CCc1cc(C(N)CC)cc2c1OC(C)(C)CC2NC(C)=O. The van der Waals surface area contributed by atoms with Crippen molar-refractivity contribution in [3.8, 4) is 5.75 Å². The Bertz CT molecular complexity index is 566. The fraction of sp³-hybridized carbons (Fsp3) is 0.611. The molecule has 2 atom stereocenters. The first kappa shape index (κ1) is 16.8. The maximum atomic E-state index is 11.6. The Morgan fingerprint density at radius 2 is 2.14 bits per heavy atom. The number of hydrogen-bond donors (Lipinski definition) is 2. The van der Waals surface area contributed by atoms with E-state index >= 15 is 0 Å². The Kier molecular flexibility index (Phi) is 4.81. The molecule has 22 heavy (non-hydrogen) atoms. The maximum Gasteiger partial charge on any atom is 0.217 e. The summed E-state index contributed by atoms with van der Waals surface area (Å²) < 4.78 is 6.23. The molecule has 2 unspecified atom stereocenters. The average Bonchev–Trinajstić information content (AvgIpc) is 2.44. The Morgan fingerprint density at radius 3 is 2.68 bits per heavy atom. The molecule has 0 fully saturated rings. The molecule has 1 aromatic rings. The largest absolute Gasteiger partial charge is 0.487 e. The van der Waals surface area contributed by atoms with Crippen LogP contribution in [0.2, 0.25) is 0 Å². The van der Waals surface area contributed by atoms with Gasteiger partial charge >= 0.3 is 0 Å². The summed E-state index contributed by atoms with van der Waals surface area (Å²) in [6.07, 6.45) is 2.53. The third kappa shape index (κ3) is 3.43.